The van der Waals surface area contributed by atoms with Crippen LogP contribution in [0.15, 0.2) is 30.5 Å². The van der Waals surface area contributed by atoms with Gasteiger partial charge >= 0.3 is 5.97 Å². The Morgan fingerprint density at radius 3 is 2.52 bits per heavy atom. The third-order valence-corrected chi connectivity index (χ3v) is 7.37. The molecule has 1 atom stereocenters. The number of fused-ring (bicyclic) bond motifs is 2. The SMILES string of the molecule is Cc1nc2c(F)cc(-c3nc(Nc4ccc5c(n4)CCN(C(=O)[C@@H](C)CC(=O)OC(C)(C)C)C5)ncc3F)cc2n1C(C)C. The fourth-order valence-electron chi connectivity index (χ4n) is 5.51. The number of aromatic nitrogens is 5. The van der Waals surface area contributed by atoms with Crippen LogP contribution in [0.4, 0.5) is 20.5 Å². The van der Waals surface area contributed by atoms with E-state index < -0.39 is 29.1 Å². The maximum Gasteiger partial charge on any atom is 0.307 e. The van der Waals surface area contributed by atoms with E-state index in [1.54, 1.807) is 51.7 Å². The summed E-state index contributed by atoms with van der Waals surface area (Å²) in [6.07, 6.45) is 1.58. The molecule has 0 aliphatic carbocycles. The Kier molecular flexibility index (Phi) is 8.37. The molecule has 4 aromatic rings. The summed E-state index contributed by atoms with van der Waals surface area (Å²) in [6, 6.07) is 6.55. The normalized spacial score (nSPS) is 14.1. The van der Waals surface area contributed by atoms with Gasteiger partial charge in [0.25, 0.3) is 0 Å². The second-order valence-electron chi connectivity index (χ2n) is 12.5. The van der Waals surface area contributed by atoms with Crippen molar-refractivity contribution in [1.29, 1.82) is 0 Å². The van der Waals surface area contributed by atoms with E-state index in [0.29, 0.717) is 36.7 Å². The number of benzene rings is 1. The first kappa shape index (κ1) is 31.0. The number of halogens is 2. The Labute approximate surface area is 254 Å². The molecule has 1 aliphatic heterocycles. The number of ether oxygens (including phenoxy) is 1. The monoisotopic (exact) mass is 605 g/mol. The van der Waals surface area contributed by atoms with Crippen LogP contribution in [0.1, 0.15) is 71.1 Å². The fraction of sp³-hybridized carbons (Fsp3) is 0.438. The van der Waals surface area contributed by atoms with Gasteiger partial charge in [0.05, 0.1) is 18.1 Å². The fourth-order valence-corrected chi connectivity index (χ4v) is 5.51. The molecule has 1 N–H and O–H groups in total. The highest BCUT2D eigenvalue weighted by Gasteiger charge is 2.28. The highest BCUT2D eigenvalue weighted by molar-refractivity contribution is 5.84. The average molecular weight is 606 g/mol. The zero-order valence-electron chi connectivity index (χ0n) is 26.0. The van der Waals surface area contributed by atoms with Gasteiger partial charge in [0.2, 0.25) is 11.9 Å². The number of hydrogen-bond acceptors (Lipinski definition) is 8. The molecule has 0 bridgehead atoms. The molecular formula is C32H37F2N7O3. The summed E-state index contributed by atoms with van der Waals surface area (Å²) < 4.78 is 37.3. The number of carbonyl (C=O) groups excluding carboxylic acids is 2. The van der Waals surface area contributed by atoms with E-state index in [9.17, 15) is 14.0 Å². The number of esters is 1. The highest BCUT2D eigenvalue weighted by Crippen LogP contribution is 2.31. The van der Waals surface area contributed by atoms with Gasteiger partial charge in [-0.15, -0.1) is 0 Å². The maximum absolute atomic E-state index is 15.1. The van der Waals surface area contributed by atoms with Crippen molar-refractivity contribution in [2.75, 3.05) is 11.9 Å². The van der Waals surface area contributed by atoms with Crippen LogP contribution in [0.5, 0.6) is 0 Å². The number of pyridine rings is 1. The first-order valence-corrected chi connectivity index (χ1v) is 14.7. The van der Waals surface area contributed by atoms with Crippen molar-refractivity contribution < 1.29 is 23.1 Å². The minimum absolute atomic E-state index is 0.0156. The van der Waals surface area contributed by atoms with Gasteiger partial charge in [-0.2, -0.15) is 0 Å². The summed E-state index contributed by atoms with van der Waals surface area (Å²) in [5, 5.41) is 3.03. The van der Waals surface area contributed by atoms with Gasteiger partial charge in [0, 0.05) is 42.7 Å². The topological polar surface area (TPSA) is 115 Å². The number of nitrogens with one attached hydrogen (secondary N) is 1. The van der Waals surface area contributed by atoms with Gasteiger partial charge in [-0.1, -0.05) is 13.0 Å². The van der Waals surface area contributed by atoms with E-state index in [-0.39, 0.29) is 41.1 Å². The van der Waals surface area contributed by atoms with Crippen molar-refractivity contribution in [3.8, 4) is 11.3 Å². The molecule has 0 spiro atoms. The maximum atomic E-state index is 15.1. The van der Waals surface area contributed by atoms with Gasteiger partial charge in [-0.25, -0.2) is 28.7 Å². The van der Waals surface area contributed by atoms with Crippen molar-refractivity contribution >= 4 is 34.7 Å². The molecule has 1 aromatic carbocycles. The molecule has 0 saturated carbocycles. The van der Waals surface area contributed by atoms with E-state index >= 15 is 4.39 Å². The lowest BCUT2D eigenvalue weighted by Gasteiger charge is -2.30. The quantitative estimate of drug-likeness (QED) is 0.253. The van der Waals surface area contributed by atoms with Gasteiger partial charge in [-0.05, 0) is 65.3 Å². The molecule has 1 aliphatic rings. The molecule has 0 unspecified atom stereocenters. The molecule has 0 radical (unpaired) electrons. The molecular weight excluding hydrogens is 568 g/mol. The molecule has 4 heterocycles. The molecule has 44 heavy (non-hydrogen) atoms. The van der Waals surface area contributed by atoms with Crippen LogP contribution in [-0.4, -0.2) is 53.4 Å². The number of imidazole rings is 1. The van der Waals surface area contributed by atoms with Crippen LogP contribution in [0, 0.1) is 24.5 Å². The lowest BCUT2D eigenvalue weighted by molar-refractivity contribution is -0.158. The van der Waals surface area contributed by atoms with Gasteiger partial charge in [0.15, 0.2) is 11.6 Å². The Hall–Kier alpha value is -4.48. The predicted molar refractivity (Wildman–Crippen MR) is 162 cm³/mol. The van der Waals surface area contributed by atoms with Crippen LogP contribution < -0.4 is 5.32 Å². The van der Waals surface area contributed by atoms with Crippen molar-refractivity contribution in [1.82, 2.24) is 29.4 Å². The molecule has 3 aromatic heterocycles. The average Bonchev–Trinajstić information content (AvgIpc) is 3.28. The van der Waals surface area contributed by atoms with Gasteiger partial charge < -0.3 is 19.5 Å². The summed E-state index contributed by atoms with van der Waals surface area (Å²) in [4.78, 5) is 44.4. The van der Waals surface area contributed by atoms with E-state index in [0.717, 1.165) is 17.5 Å². The molecule has 232 valence electrons. The number of nitrogens with zero attached hydrogens (tertiary/aromatic N) is 6. The summed E-state index contributed by atoms with van der Waals surface area (Å²) in [5.41, 5.74) is 2.10. The minimum atomic E-state index is -0.689. The number of anilines is 2. The Morgan fingerprint density at radius 1 is 1.07 bits per heavy atom. The van der Waals surface area contributed by atoms with Gasteiger partial charge in [-0.3, -0.25) is 9.59 Å². The molecule has 5 rings (SSSR count). The third kappa shape index (κ3) is 6.53. The van der Waals surface area contributed by atoms with E-state index in [1.807, 2.05) is 24.5 Å². The van der Waals surface area contributed by atoms with E-state index in [2.05, 4.69) is 25.3 Å². The zero-order valence-corrected chi connectivity index (χ0v) is 26.0. The molecule has 0 fully saturated rings. The van der Waals surface area contributed by atoms with E-state index in [4.69, 9.17) is 4.74 Å². The Bertz CT molecular complexity index is 1750. The van der Waals surface area contributed by atoms with Crippen LogP contribution in [0.25, 0.3) is 22.3 Å². The first-order chi connectivity index (χ1) is 20.7. The Balaban J connectivity index is 1.31. The van der Waals surface area contributed by atoms with Crippen molar-refractivity contribution in [2.24, 2.45) is 5.92 Å². The van der Waals surface area contributed by atoms with Crippen LogP contribution in [0.2, 0.25) is 0 Å². The standard InChI is InChI=1S/C32H37F2N7O3/c1-17(2)41-19(4)36-29-22(33)13-21(14-25(29)41)28-23(34)15-35-31(39-28)38-26-9-8-20-16-40(11-10-24(20)37-26)30(43)18(3)12-27(42)44-32(5,6)7/h8-9,13-15,17-18H,10-12,16H2,1-7H3,(H,35,37,38,39)/t18-/m0/s1. The largest absolute Gasteiger partial charge is 0.460 e. The first-order valence-electron chi connectivity index (χ1n) is 14.7. The molecule has 12 heteroatoms. The summed E-state index contributed by atoms with van der Waals surface area (Å²) in [6.45, 7) is 13.7. The van der Waals surface area contributed by atoms with Crippen LogP contribution in [-0.2, 0) is 27.3 Å². The molecule has 0 saturated heterocycles. The lowest BCUT2D eigenvalue weighted by Crippen LogP contribution is -2.40. The van der Waals surface area contributed by atoms with Crippen LogP contribution in [0.3, 0.4) is 0 Å². The second-order valence-corrected chi connectivity index (χ2v) is 12.5. The smallest absolute Gasteiger partial charge is 0.307 e. The van der Waals surface area contributed by atoms with Crippen molar-refractivity contribution in [2.45, 2.75) is 79.5 Å². The van der Waals surface area contributed by atoms with Crippen molar-refractivity contribution in [3.63, 3.8) is 0 Å². The number of carbonyl (C=O) groups is 2. The summed E-state index contributed by atoms with van der Waals surface area (Å²) in [5.74, 6) is -1.05. The second kappa shape index (κ2) is 11.9. The molecule has 10 nitrogen and oxygen atoms in total. The third-order valence-electron chi connectivity index (χ3n) is 7.37. The van der Waals surface area contributed by atoms with Crippen LogP contribution >= 0.6 is 0 Å². The lowest BCUT2D eigenvalue weighted by atomic mass is 10.0. The number of amides is 1. The number of rotatable bonds is 7. The highest BCUT2D eigenvalue weighted by atomic mass is 19.1. The zero-order chi connectivity index (χ0) is 31.9. The van der Waals surface area contributed by atoms with Gasteiger partial charge in [0.1, 0.15) is 28.5 Å². The summed E-state index contributed by atoms with van der Waals surface area (Å²) >= 11 is 0. The van der Waals surface area contributed by atoms with Crippen molar-refractivity contribution in [3.05, 3.63) is 59.2 Å². The predicted octanol–water partition coefficient (Wildman–Crippen LogP) is 6.05. The number of aryl methyl sites for hydroxylation is 1. The summed E-state index contributed by atoms with van der Waals surface area (Å²) in [7, 11) is 0. The minimum Gasteiger partial charge on any atom is -0.460 e. The Morgan fingerprint density at radius 2 is 1.82 bits per heavy atom. The van der Waals surface area contributed by atoms with E-state index in [1.165, 1.54) is 6.07 Å². The molecule has 1 amide bonds. The number of hydrogen-bond donors (Lipinski definition) is 1.